The third-order valence-corrected chi connectivity index (χ3v) is 6.01. The zero-order valence-corrected chi connectivity index (χ0v) is 21.4. The molecule has 1 heterocycles. The monoisotopic (exact) mass is 507 g/mol. The highest BCUT2D eigenvalue weighted by atomic mass is 16.2. The van der Waals surface area contributed by atoms with Crippen LogP contribution in [0.15, 0.2) is 94.3 Å². The molecule has 3 N–H and O–H groups in total. The van der Waals surface area contributed by atoms with Crippen LogP contribution in [0.3, 0.4) is 0 Å². The molecule has 0 bridgehead atoms. The minimum atomic E-state index is -1.21. The SMILES string of the molecule is CC(/C=N\NC(=O)[C@H](NC(=O)c1ccccc1)c1n[nH]c(=O)c2ccccc12)=C\c1ccc(C(C)C)cc1. The lowest BCUT2D eigenvalue weighted by molar-refractivity contribution is -0.123. The van der Waals surface area contributed by atoms with Gasteiger partial charge in [-0.05, 0) is 47.7 Å². The summed E-state index contributed by atoms with van der Waals surface area (Å²) >= 11 is 0. The van der Waals surface area contributed by atoms with Gasteiger partial charge in [-0.25, -0.2) is 10.5 Å². The summed E-state index contributed by atoms with van der Waals surface area (Å²) in [4.78, 5) is 38.5. The van der Waals surface area contributed by atoms with Crippen molar-refractivity contribution in [1.82, 2.24) is 20.9 Å². The van der Waals surface area contributed by atoms with Gasteiger partial charge in [-0.3, -0.25) is 14.4 Å². The van der Waals surface area contributed by atoms with Crippen molar-refractivity contribution in [3.63, 3.8) is 0 Å². The lowest BCUT2D eigenvalue weighted by Gasteiger charge is -2.18. The Morgan fingerprint density at radius 2 is 1.58 bits per heavy atom. The van der Waals surface area contributed by atoms with Crippen molar-refractivity contribution in [2.75, 3.05) is 0 Å². The van der Waals surface area contributed by atoms with Crippen molar-refractivity contribution in [2.45, 2.75) is 32.7 Å². The Kier molecular flexibility index (Phi) is 8.23. The van der Waals surface area contributed by atoms with E-state index in [0.717, 1.165) is 11.1 Å². The molecule has 0 saturated heterocycles. The van der Waals surface area contributed by atoms with Crippen molar-refractivity contribution in [3.8, 4) is 0 Å². The molecule has 0 aliphatic carbocycles. The molecule has 4 rings (SSSR count). The highest BCUT2D eigenvalue weighted by molar-refractivity contribution is 5.99. The predicted molar refractivity (Wildman–Crippen MR) is 150 cm³/mol. The molecule has 3 aromatic carbocycles. The topological polar surface area (TPSA) is 116 Å². The Balaban J connectivity index is 1.58. The van der Waals surface area contributed by atoms with Crippen LogP contribution in [-0.4, -0.2) is 28.2 Å². The minimum Gasteiger partial charge on any atom is -0.335 e. The van der Waals surface area contributed by atoms with Gasteiger partial charge in [-0.2, -0.15) is 10.2 Å². The number of carbonyl (C=O) groups excluding carboxylic acids is 2. The van der Waals surface area contributed by atoms with Crippen LogP contribution in [0.2, 0.25) is 0 Å². The summed E-state index contributed by atoms with van der Waals surface area (Å²) < 4.78 is 0. The highest BCUT2D eigenvalue weighted by Gasteiger charge is 2.27. The fourth-order valence-electron chi connectivity index (χ4n) is 3.96. The van der Waals surface area contributed by atoms with E-state index in [-0.39, 0.29) is 5.69 Å². The molecule has 0 spiro atoms. The Bertz CT molecular complexity index is 1550. The predicted octanol–water partition coefficient (Wildman–Crippen LogP) is 4.72. The Morgan fingerprint density at radius 3 is 2.26 bits per heavy atom. The third-order valence-electron chi connectivity index (χ3n) is 6.01. The number of aromatic amines is 1. The van der Waals surface area contributed by atoms with E-state index < -0.39 is 23.4 Å². The van der Waals surface area contributed by atoms with Crippen molar-refractivity contribution >= 4 is 34.9 Å². The van der Waals surface area contributed by atoms with Crippen molar-refractivity contribution in [1.29, 1.82) is 0 Å². The Hall–Kier alpha value is -4.85. The molecule has 1 aromatic heterocycles. The van der Waals surface area contributed by atoms with Gasteiger partial charge in [0.05, 0.1) is 11.6 Å². The van der Waals surface area contributed by atoms with E-state index in [1.165, 1.54) is 11.8 Å². The maximum atomic E-state index is 13.3. The zero-order valence-electron chi connectivity index (χ0n) is 21.4. The number of aromatic nitrogens is 2. The summed E-state index contributed by atoms with van der Waals surface area (Å²) in [6.45, 7) is 6.16. The molecule has 0 aliphatic heterocycles. The van der Waals surface area contributed by atoms with Crippen molar-refractivity contribution in [3.05, 3.63) is 117 Å². The largest absolute Gasteiger partial charge is 0.335 e. The number of amides is 2. The molecule has 0 unspecified atom stereocenters. The smallest absolute Gasteiger partial charge is 0.272 e. The van der Waals surface area contributed by atoms with Crippen LogP contribution in [0.1, 0.15) is 59.9 Å². The maximum Gasteiger partial charge on any atom is 0.272 e. The number of hydrazone groups is 1. The van der Waals surface area contributed by atoms with Crippen molar-refractivity contribution in [2.24, 2.45) is 5.10 Å². The Morgan fingerprint density at radius 1 is 0.921 bits per heavy atom. The van der Waals surface area contributed by atoms with Gasteiger partial charge >= 0.3 is 0 Å². The van der Waals surface area contributed by atoms with Gasteiger partial charge in [0.15, 0.2) is 6.04 Å². The molecule has 0 radical (unpaired) electrons. The number of nitrogens with zero attached hydrogens (tertiary/aromatic N) is 2. The van der Waals surface area contributed by atoms with Crippen LogP contribution in [-0.2, 0) is 4.79 Å². The lowest BCUT2D eigenvalue weighted by atomic mass is 10.0. The first-order valence-corrected chi connectivity index (χ1v) is 12.3. The standard InChI is InChI=1S/C30H29N5O3/c1-19(2)22-15-13-21(14-16-22)17-20(3)18-31-34-30(38)27(32-28(36)23-9-5-4-6-10-23)26-24-11-7-8-12-25(24)29(37)35-33-26/h4-19,27H,1-3H3,(H,32,36)(H,34,38)(H,35,37)/b20-17+,31-18-/t27-/m1/s1. The summed E-state index contributed by atoms with van der Waals surface area (Å²) in [7, 11) is 0. The van der Waals surface area contributed by atoms with E-state index >= 15 is 0 Å². The molecule has 1 atom stereocenters. The number of allylic oxidation sites excluding steroid dienone is 1. The third kappa shape index (κ3) is 6.28. The average Bonchev–Trinajstić information content (AvgIpc) is 2.93. The number of hydrogen-bond donors (Lipinski definition) is 3. The second kappa shape index (κ2) is 11.9. The van der Waals surface area contributed by atoms with E-state index in [2.05, 4.69) is 52.0 Å². The molecular formula is C30H29N5O3. The van der Waals surface area contributed by atoms with Gasteiger partial charge in [-0.1, -0.05) is 80.6 Å². The van der Waals surface area contributed by atoms with Gasteiger partial charge in [0.1, 0.15) is 5.69 Å². The zero-order chi connectivity index (χ0) is 27.1. The lowest BCUT2D eigenvalue weighted by Crippen LogP contribution is -2.40. The number of carbonyl (C=O) groups is 2. The molecule has 4 aromatic rings. The van der Waals surface area contributed by atoms with Crippen LogP contribution in [0.5, 0.6) is 0 Å². The van der Waals surface area contributed by atoms with Crippen LogP contribution in [0.25, 0.3) is 16.8 Å². The van der Waals surface area contributed by atoms with Gasteiger partial charge in [0.2, 0.25) is 0 Å². The normalized spacial score (nSPS) is 12.6. The number of benzene rings is 3. The molecule has 8 nitrogen and oxygen atoms in total. The summed E-state index contributed by atoms with van der Waals surface area (Å²) in [6, 6.07) is 22.3. The number of hydrogen-bond acceptors (Lipinski definition) is 5. The molecule has 38 heavy (non-hydrogen) atoms. The van der Waals surface area contributed by atoms with Crippen LogP contribution >= 0.6 is 0 Å². The fraction of sp³-hybridized carbons (Fsp3) is 0.167. The molecule has 8 heteroatoms. The van der Waals surface area contributed by atoms with Crippen molar-refractivity contribution < 1.29 is 9.59 Å². The van der Waals surface area contributed by atoms with Gasteiger partial charge in [0, 0.05) is 10.9 Å². The molecule has 0 saturated carbocycles. The number of nitrogens with one attached hydrogen (secondary N) is 3. The van der Waals surface area contributed by atoms with Gasteiger partial charge in [0.25, 0.3) is 17.4 Å². The number of rotatable bonds is 8. The first kappa shape index (κ1) is 26.2. The molecule has 0 aliphatic rings. The summed E-state index contributed by atoms with van der Waals surface area (Å²) in [5, 5.41) is 14.2. The fourth-order valence-corrected chi connectivity index (χ4v) is 3.96. The van der Waals surface area contributed by atoms with E-state index in [4.69, 9.17) is 0 Å². The van der Waals surface area contributed by atoms with Gasteiger partial charge < -0.3 is 5.32 Å². The first-order valence-electron chi connectivity index (χ1n) is 12.3. The summed E-state index contributed by atoms with van der Waals surface area (Å²) in [6.07, 6.45) is 3.48. The van der Waals surface area contributed by atoms with E-state index in [1.807, 2.05) is 25.1 Å². The quantitative estimate of drug-likeness (QED) is 0.236. The van der Waals surface area contributed by atoms with E-state index in [9.17, 15) is 14.4 Å². The summed E-state index contributed by atoms with van der Waals surface area (Å²) in [5.74, 6) is -0.618. The first-order chi connectivity index (χ1) is 18.3. The van der Waals surface area contributed by atoms with Gasteiger partial charge in [-0.15, -0.1) is 0 Å². The molecule has 0 fully saturated rings. The number of fused-ring (bicyclic) bond motifs is 1. The molecule has 192 valence electrons. The second-order valence-corrected chi connectivity index (χ2v) is 9.20. The average molecular weight is 508 g/mol. The highest BCUT2D eigenvalue weighted by Crippen LogP contribution is 2.21. The molecule has 2 amide bonds. The minimum absolute atomic E-state index is 0.203. The second-order valence-electron chi connectivity index (χ2n) is 9.20. The number of H-pyrrole nitrogens is 1. The Labute approximate surface area is 220 Å². The summed E-state index contributed by atoms with van der Waals surface area (Å²) in [5.41, 5.74) is 5.79. The maximum absolute atomic E-state index is 13.3. The van der Waals surface area contributed by atoms with Crippen LogP contribution in [0, 0.1) is 0 Å². The van der Waals surface area contributed by atoms with E-state index in [1.54, 1.807) is 54.6 Å². The van der Waals surface area contributed by atoms with Crippen LogP contribution in [0.4, 0.5) is 0 Å². The molecular weight excluding hydrogens is 478 g/mol. The van der Waals surface area contributed by atoms with E-state index in [0.29, 0.717) is 22.3 Å². The van der Waals surface area contributed by atoms with Crippen LogP contribution < -0.4 is 16.3 Å².